The largest absolute Gasteiger partial charge is 0.350 e. The van der Waals surface area contributed by atoms with Crippen molar-refractivity contribution in [2.75, 3.05) is 5.32 Å². The van der Waals surface area contributed by atoms with Crippen LogP contribution in [0.25, 0.3) is 16.9 Å². The second-order valence-corrected chi connectivity index (χ2v) is 8.09. The molecule has 4 rings (SSSR count). The number of nitrogens with zero attached hydrogens (tertiary/aromatic N) is 5. The maximum Gasteiger partial charge on any atom is 0.230 e. The highest BCUT2D eigenvalue weighted by molar-refractivity contribution is 7.14. The molecule has 2 aromatic heterocycles. The quantitative estimate of drug-likeness (QED) is 0.450. The monoisotopic (exact) mass is 447 g/mol. The van der Waals surface area contributed by atoms with Gasteiger partial charge in [0.25, 0.3) is 0 Å². The van der Waals surface area contributed by atoms with Crippen molar-refractivity contribution in [1.82, 2.24) is 30.5 Å². The van der Waals surface area contributed by atoms with E-state index in [4.69, 9.17) is 0 Å². The molecule has 0 aliphatic heterocycles. The number of aromatic nitrogens is 5. The lowest BCUT2D eigenvalue weighted by atomic mass is 10.1. The summed E-state index contributed by atoms with van der Waals surface area (Å²) in [6.45, 7) is 3.44. The Bertz CT molecular complexity index is 1200. The summed E-state index contributed by atoms with van der Waals surface area (Å²) >= 11 is 1.38. The number of benzene rings is 2. The molecule has 1 unspecified atom stereocenters. The Labute approximate surface area is 188 Å². The number of carbonyl (C=O) groups is 2. The molecule has 2 heterocycles. The SMILES string of the molecule is CC(=O)NC(C)c1ccc(-c2csc(NC(=O)Cc3ccc(-n4cnnn4)cc3)n2)cc1. The van der Waals surface area contributed by atoms with Crippen molar-refractivity contribution >= 4 is 28.3 Å². The average molecular weight is 448 g/mol. The zero-order valence-corrected chi connectivity index (χ0v) is 18.3. The molecule has 162 valence electrons. The third-order valence-electron chi connectivity index (χ3n) is 4.79. The van der Waals surface area contributed by atoms with E-state index in [1.165, 1.54) is 24.6 Å². The van der Waals surface area contributed by atoms with Crippen molar-refractivity contribution in [3.8, 4) is 16.9 Å². The first-order valence-electron chi connectivity index (χ1n) is 9.93. The summed E-state index contributed by atoms with van der Waals surface area (Å²) in [6.07, 6.45) is 1.75. The van der Waals surface area contributed by atoms with E-state index in [-0.39, 0.29) is 24.3 Å². The van der Waals surface area contributed by atoms with Gasteiger partial charge in [0.1, 0.15) is 6.33 Å². The topological polar surface area (TPSA) is 115 Å². The van der Waals surface area contributed by atoms with Gasteiger partial charge >= 0.3 is 0 Å². The van der Waals surface area contributed by atoms with E-state index >= 15 is 0 Å². The first-order chi connectivity index (χ1) is 15.5. The van der Waals surface area contributed by atoms with Crippen LogP contribution in [0.1, 0.15) is 31.0 Å². The summed E-state index contributed by atoms with van der Waals surface area (Å²) in [6, 6.07) is 15.2. The molecule has 2 amide bonds. The van der Waals surface area contributed by atoms with Gasteiger partial charge in [-0.15, -0.1) is 16.4 Å². The van der Waals surface area contributed by atoms with Gasteiger partial charge in [0.2, 0.25) is 11.8 Å². The van der Waals surface area contributed by atoms with Crippen LogP contribution in [-0.4, -0.2) is 37.0 Å². The van der Waals surface area contributed by atoms with Gasteiger partial charge in [-0.05, 0) is 40.6 Å². The van der Waals surface area contributed by atoms with Gasteiger partial charge in [0, 0.05) is 17.9 Å². The number of amides is 2. The van der Waals surface area contributed by atoms with Crippen LogP contribution in [0, 0.1) is 0 Å². The maximum absolute atomic E-state index is 12.4. The van der Waals surface area contributed by atoms with Gasteiger partial charge in [-0.2, -0.15) is 0 Å². The van der Waals surface area contributed by atoms with Crippen molar-refractivity contribution in [1.29, 1.82) is 0 Å². The van der Waals surface area contributed by atoms with Gasteiger partial charge in [0.15, 0.2) is 5.13 Å². The first-order valence-corrected chi connectivity index (χ1v) is 10.8. The zero-order chi connectivity index (χ0) is 22.5. The lowest BCUT2D eigenvalue weighted by Gasteiger charge is -2.13. The summed E-state index contributed by atoms with van der Waals surface area (Å²) in [7, 11) is 0. The van der Waals surface area contributed by atoms with Crippen molar-refractivity contribution < 1.29 is 9.59 Å². The normalized spacial score (nSPS) is 11.7. The van der Waals surface area contributed by atoms with Gasteiger partial charge in [0.05, 0.1) is 23.8 Å². The van der Waals surface area contributed by atoms with Crippen LogP contribution in [0.5, 0.6) is 0 Å². The summed E-state index contributed by atoms with van der Waals surface area (Å²) in [5, 5.41) is 19.2. The summed E-state index contributed by atoms with van der Waals surface area (Å²) in [5.74, 6) is -0.203. The lowest BCUT2D eigenvalue weighted by Crippen LogP contribution is -2.23. The highest BCUT2D eigenvalue weighted by Gasteiger charge is 2.11. The molecular weight excluding hydrogens is 426 g/mol. The smallest absolute Gasteiger partial charge is 0.230 e. The predicted octanol–water partition coefficient (Wildman–Crippen LogP) is 3.16. The Balaban J connectivity index is 1.35. The van der Waals surface area contributed by atoms with Crippen LogP contribution in [0.15, 0.2) is 60.2 Å². The van der Waals surface area contributed by atoms with Crippen LogP contribution >= 0.6 is 11.3 Å². The molecule has 1 atom stereocenters. The minimum Gasteiger partial charge on any atom is -0.350 e. The predicted molar refractivity (Wildman–Crippen MR) is 121 cm³/mol. The van der Waals surface area contributed by atoms with Crippen molar-refractivity contribution in [3.05, 3.63) is 71.4 Å². The fourth-order valence-electron chi connectivity index (χ4n) is 3.19. The van der Waals surface area contributed by atoms with E-state index in [9.17, 15) is 9.59 Å². The number of tetrazole rings is 1. The van der Waals surface area contributed by atoms with E-state index in [0.717, 1.165) is 28.1 Å². The van der Waals surface area contributed by atoms with Crippen LogP contribution in [0.3, 0.4) is 0 Å². The summed E-state index contributed by atoms with van der Waals surface area (Å²) in [5.41, 5.74) is 4.44. The van der Waals surface area contributed by atoms with Crippen molar-refractivity contribution in [2.24, 2.45) is 0 Å². The molecule has 9 nitrogen and oxygen atoms in total. The summed E-state index contributed by atoms with van der Waals surface area (Å²) in [4.78, 5) is 28.2. The molecule has 2 N–H and O–H groups in total. The molecular formula is C22H21N7O2S. The fourth-order valence-corrected chi connectivity index (χ4v) is 3.93. The number of nitrogens with one attached hydrogen (secondary N) is 2. The molecule has 0 aliphatic rings. The standard InChI is InChI=1S/C22H21N7O2S/c1-14(24-15(2)30)17-5-7-18(8-6-17)20-12-32-22(25-20)26-21(31)11-16-3-9-19(10-4-16)29-13-23-27-28-29/h3-10,12-14H,11H2,1-2H3,(H,24,30)(H,25,26,31). The maximum atomic E-state index is 12.4. The highest BCUT2D eigenvalue weighted by Crippen LogP contribution is 2.26. The van der Waals surface area contributed by atoms with Crippen molar-refractivity contribution in [2.45, 2.75) is 26.3 Å². The lowest BCUT2D eigenvalue weighted by molar-refractivity contribution is -0.119. The average Bonchev–Trinajstić information content (AvgIpc) is 3.46. The fraction of sp³-hybridized carbons (Fsp3) is 0.182. The van der Waals surface area contributed by atoms with E-state index < -0.39 is 0 Å². The Morgan fingerprint density at radius 3 is 2.50 bits per heavy atom. The Hall–Kier alpha value is -3.92. The molecule has 0 saturated heterocycles. The summed E-state index contributed by atoms with van der Waals surface area (Å²) < 4.78 is 1.55. The highest BCUT2D eigenvalue weighted by atomic mass is 32.1. The van der Waals surface area contributed by atoms with Gasteiger partial charge in [-0.3, -0.25) is 9.59 Å². The Morgan fingerprint density at radius 1 is 1.09 bits per heavy atom. The zero-order valence-electron chi connectivity index (χ0n) is 17.5. The minimum atomic E-state index is -0.138. The van der Waals surface area contributed by atoms with E-state index in [2.05, 4.69) is 31.1 Å². The molecule has 0 bridgehead atoms. The minimum absolute atomic E-state index is 0.0613. The third-order valence-corrected chi connectivity index (χ3v) is 5.55. The number of hydrogen-bond acceptors (Lipinski definition) is 7. The van der Waals surface area contributed by atoms with Crippen LogP contribution < -0.4 is 10.6 Å². The number of thiazole rings is 1. The van der Waals surface area contributed by atoms with Gasteiger partial charge in [-0.25, -0.2) is 9.67 Å². The molecule has 32 heavy (non-hydrogen) atoms. The first kappa shape index (κ1) is 21.3. The molecule has 0 spiro atoms. The molecule has 0 fully saturated rings. The number of carbonyl (C=O) groups excluding carboxylic acids is 2. The van der Waals surface area contributed by atoms with Gasteiger partial charge < -0.3 is 10.6 Å². The molecule has 0 aliphatic carbocycles. The number of rotatable bonds is 7. The molecule has 0 radical (unpaired) electrons. The molecule has 0 saturated carbocycles. The van der Waals surface area contributed by atoms with E-state index in [1.54, 1.807) is 4.68 Å². The molecule has 10 heteroatoms. The van der Waals surface area contributed by atoms with E-state index in [1.807, 2.05) is 60.8 Å². The third kappa shape index (κ3) is 5.22. The van der Waals surface area contributed by atoms with E-state index in [0.29, 0.717) is 5.13 Å². The molecule has 2 aromatic carbocycles. The number of hydrogen-bond donors (Lipinski definition) is 2. The second-order valence-electron chi connectivity index (χ2n) is 7.23. The number of anilines is 1. The Kier molecular flexibility index (Phi) is 6.31. The van der Waals surface area contributed by atoms with Crippen LogP contribution in [0.2, 0.25) is 0 Å². The second kappa shape index (κ2) is 9.48. The Morgan fingerprint density at radius 2 is 1.84 bits per heavy atom. The van der Waals surface area contributed by atoms with Crippen LogP contribution in [0.4, 0.5) is 5.13 Å². The molecule has 4 aromatic rings. The van der Waals surface area contributed by atoms with Crippen molar-refractivity contribution in [3.63, 3.8) is 0 Å². The van der Waals surface area contributed by atoms with Crippen LogP contribution in [-0.2, 0) is 16.0 Å². The van der Waals surface area contributed by atoms with Gasteiger partial charge in [-0.1, -0.05) is 36.4 Å².